The smallest absolute Gasteiger partial charge is 0.166 e. The number of likely N-dealkylation sites (tertiary alicyclic amines) is 1. The topological polar surface area (TPSA) is 81.0 Å². The average molecular weight is 538 g/mol. The lowest BCUT2D eigenvalue weighted by Gasteiger charge is -2.46. The molecule has 0 radical (unpaired) electrons. The Bertz CT molecular complexity index is 1050. The zero-order valence-electron chi connectivity index (χ0n) is 24.3. The van der Waals surface area contributed by atoms with Gasteiger partial charge in [0.25, 0.3) is 0 Å². The molecule has 2 bridgehead atoms. The predicted octanol–water partition coefficient (Wildman–Crippen LogP) is 5.94. The molecule has 5 nitrogen and oxygen atoms in total. The van der Waals surface area contributed by atoms with Crippen LogP contribution in [0.2, 0.25) is 0 Å². The molecule has 5 heteroatoms. The molecule has 39 heavy (non-hydrogen) atoms. The molecule has 1 saturated heterocycles. The number of fused-ring (bicyclic) bond motifs is 8. The fourth-order valence-electron chi connectivity index (χ4n) is 8.44. The maximum atomic E-state index is 14.1. The molecule has 5 atom stereocenters. The number of nitrogens with zero attached hydrogens (tertiary/aromatic N) is 1. The quantitative estimate of drug-likeness (QED) is 0.320. The summed E-state index contributed by atoms with van der Waals surface area (Å²) >= 11 is 0. The number of benzene rings is 1. The van der Waals surface area contributed by atoms with Crippen molar-refractivity contribution >= 4 is 5.78 Å². The second kappa shape index (κ2) is 12.1. The van der Waals surface area contributed by atoms with Crippen LogP contribution in [0, 0.1) is 11.3 Å². The van der Waals surface area contributed by atoms with Gasteiger partial charge in [0.15, 0.2) is 5.78 Å². The van der Waals surface area contributed by atoms with E-state index in [9.17, 15) is 20.1 Å². The van der Waals surface area contributed by atoms with Gasteiger partial charge in [-0.3, -0.25) is 9.69 Å². The van der Waals surface area contributed by atoms with Gasteiger partial charge in [0.05, 0.1) is 18.3 Å². The first-order chi connectivity index (χ1) is 18.7. The Balaban J connectivity index is 1.56. The first-order valence-electron chi connectivity index (χ1n) is 15.8. The molecule has 4 aliphatic carbocycles. The van der Waals surface area contributed by atoms with E-state index in [1.165, 1.54) is 12.0 Å². The number of aliphatic hydroxyl groups is 3. The van der Waals surface area contributed by atoms with Crippen molar-refractivity contribution in [1.82, 2.24) is 4.90 Å². The first-order valence-corrected chi connectivity index (χ1v) is 15.8. The molecule has 3 fully saturated rings. The molecule has 0 aromatic heterocycles. The minimum Gasteiger partial charge on any atom is -0.395 e. The maximum Gasteiger partial charge on any atom is 0.166 e. The summed E-state index contributed by atoms with van der Waals surface area (Å²) in [5.41, 5.74) is 3.04. The number of β-amino-alcohol motifs (C(OH)–C–C–N with tert-alkyl or cyclic N) is 1. The fourth-order valence-corrected chi connectivity index (χ4v) is 8.44. The van der Waals surface area contributed by atoms with Crippen molar-refractivity contribution in [3.63, 3.8) is 0 Å². The van der Waals surface area contributed by atoms with Crippen LogP contribution in [0.5, 0.6) is 0 Å². The van der Waals surface area contributed by atoms with Crippen LogP contribution in [0.15, 0.2) is 29.8 Å². The number of carbonyl (C=O) groups is 1. The molecular weight excluding hydrogens is 486 g/mol. The SMILES string of the molecule is CC1=CCCC2(C)C(CCC2(O)CN2CCCC2CO)c2ccc(cc2C(=O)C2CCCCC2)CC(O)CC1. The van der Waals surface area contributed by atoms with Gasteiger partial charge in [0.2, 0.25) is 0 Å². The minimum atomic E-state index is -0.881. The molecule has 3 N–H and O–H groups in total. The number of Topliss-reactive ketones (excluding diaryl/α,β-unsaturated/α-hetero) is 1. The van der Waals surface area contributed by atoms with Gasteiger partial charge in [-0.1, -0.05) is 50.0 Å². The molecule has 1 heterocycles. The maximum absolute atomic E-state index is 14.1. The van der Waals surface area contributed by atoms with Crippen LogP contribution in [0.25, 0.3) is 0 Å². The van der Waals surface area contributed by atoms with E-state index in [1.54, 1.807) is 0 Å². The summed E-state index contributed by atoms with van der Waals surface area (Å²) in [6.45, 7) is 6.09. The van der Waals surface area contributed by atoms with Gasteiger partial charge in [0.1, 0.15) is 0 Å². The Labute approximate surface area is 235 Å². The second-order valence-corrected chi connectivity index (χ2v) is 13.6. The summed E-state index contributed by atoms with van der Waals surface area (Å²) in [5, 5.41) is 33.3. The standard InChI is InChI=1S/C34H51NO4/c1-24-8-6-17-33(2)31(16-18-34(33,39)23-35-19-7-11-27(35)22-36)29-15-13-25(20-28(37)14-12-24)21-30(29)32(38)26-9-4-3-5-10-26/h8,13,15,21,26-28,31,36-37,39H,3-7,9-12,14,16-20,22-23H2,1-2H3. The van der Waals surface area contributed by atoms with E-state index < -0.39 is 11.7 Å². The first kappa shape index (κ1) is 29.0. The van der Waals surface area contributed by atoms with Gasteiger partial charge < -0.3 is 15.3 Å². The zero-order chi connectivity index (χ0) is 27.6. The summed E-state index contributed by atoms with van der Waals surface area (Å²) in [7, 11) is 0. The Hall–Kier alpha value is -1.53. The lowest BCUT2D eigenvalue weighted by atomic mass is 9.64. The van der Waals surface area contributed by atoms with Crippen LogP contribution in [0.3, 0.4) is 0 Å². The molecule has 5 unspecified atom stereocenters. The van der Waals surface area contributed by atoms with E-state index in [-0.39, 0.29) is 35.7 Å². The highest BCUT2D eigenvalue weighted by molar-refractivity contribution is 5.99. The number of hydrogen-bond donors (Lipinski definition) is 3. The number of hydrogen-bond acceptors (Lipinski definition) is 5. The highest BCUT2D eigenvalue weighted by Crippen LogP contribution is 2.59. The van der Waals surface area contributed by atoms with Crippen molar-refractivity contribution < 1.29 is 20.1 Å². The molecule has 0 spiro atoms. The lowest BCUT2D eigenvalue weighted by Crippen LogP contribution is -2.53. The van der Waals surface area contributed by atoms with Crippen molar-refractivity contribution in [1.29, 1.82) is 0 Å². The third-order valence-electron chi connectivity index (χ3n) is 11.1. The highest BCUT2D eigenvalue weighted by Gasteiger charge is 2.57. The number of rotatable bonds is 5. The van der Waals surface area contributed by atoms with Crippen molar-refractivity contribution in [2.24, 2.45) is 11.3 Å². The van der Waals surface area contributed by atoms with Crippen molar-refractivity contribution in [2.75, 3.05) is 19.7 Å². The lowest BCUT2D eigenvalue weighted by molar-refractivity contribution is -0.0875. The number of ketones is 1. The fraction of sp³-hybridized carbons (Fsp3) is 0.735. The van der Waals surface area contributed by atoms with E-state index in [4.69, 9.17) is 0 Å². The molecule has 6 rings (SSSR count). The van der Waals surface area contributed by atoms with Crippen molar-refractivity contribution in [2.45, 2.75) is 127 Å². The van der Waals surface area contributed by atoms with Gasteiger partial charge in [-0.05, 0) is 107 Å². The van der Waals surface area contributed by atoms with Gasteiger partial charge in [-0.2, -0.15) is 0 Å². The number of allylic oxidation sites excluding steroid dienone is 2. The van der Waals surface area contributed by atoms with Gasteiger partial charge in [0, 0.05) is 29.5 Å². The van der Waals surface area contributed by atoms with E-state index in [0.717, 1.165) is 93.9 Å². The molecular formula is C34H51NO4. The molecule has 0 amide bonds. The highest BCUT2D eigenvalue weighted by atomic mass is 16.3. The van der Waals surface area contributed by atoms with Crippen molar-refractivity contribution in [3.8, 4) is 0 Å². The monoisotopic (exact) mass is 537 g/mol. The van der Waals surface area contributed by atoms with E-state index in [1.807, 2.05) is 0 Å². The van der Waals surface area contributed by atoms with Crippen LogP contribution in [0.4, 0.5) is 0 Å². The summed E-state index contributed by atoms with van der Waals surface area (Å²) in [6.07, 6.45) is 14.8. The van der Waals surface area contributed by atoms with Gasteiger partial charge in [-0.15, -0.1) is 0 Å². The Kier molecular flexibility index (Phi) is 9.02. The van der Waals surface area contributed by atoms with E-state index >= 15 is 0 Å². The van der Waals surface area contributed by atoms with Crippen LogP contribution in [0.1, 0.15) is 125 Å². The minimum absolute atomic E-state index is 0.0867. The Morgan fingerprint density at radius 1 is 1.05 bits per heavy atom. The number of aliphatic hydroxyl groups excluding tert-OH is 2. The molecule has 1 aliphatic heterocycles. The van der Waals surface area contributed by atoms with E-state index in [0.29, 0.717) is 19.4 Å². The zero-order valence-corrected chi connectivity index (χ0v) is 24.3. The average Bonchev–Trinajstić information content (AvgIpc) is 3.48. The molecule has 1 aromatic carbocycles. The van der Waals surface area contributed by atoms with Crippen LogP contribution < -0.4 is 0 Å². The molecule has 5 aliphatic rings. The van der Waals surface area contributed by atoms with Gasteiger partial charge >= 0.3 is 0 Å². The van der Waals surface area contributed by atoms with Crippen LogP contribution in [-0.4, -0.2) is 63.4 Å². The Morgan fingerprint density at radius 2 is 1.85 bits per heavy atom. The van der Waals surface area contributed by atoms with Crippen molar-refractivity contribution in [3.05, 3.63) is 46.5 Å². The summed E-state index contributed by atoms with van der Waals surface area (Å²) < 4.78 is 0. The Morgan fingerprint density at radius 3 is 2.62 bits per heavy atom. The third kappa shape index (κ3) is 5.93. The van der Waals surface area contributed by atoms with Crippen LogP contribution >= 0.6 is 0 Å². The second-order valence-electron chi connectivity index (χ2n) is 13.6. The van der Waals surface area contributed by atoms with E-state index in [2.05, 4.69) is 43.0 Å². The normalized spacial score (nSPS) is 35.0. The van der Waals surface area contributed by atoms with Gasteiger partial charge in [-0.25, -0.2) is 0 Å². The number of carbonyl (C=O) groups excluding carboxylic acids is 1. The largest absolute Gasteiger partial charge is 0.395 e. The third-order valence-corrected chi connectivity index (χ3v) is 11.1. The predicted molar refractivity (Wildman–Crippen MR) is 156 cm³/mol. The summed E-state index contributed by atoms with van der Waals surface area (Å²) in [4.78, 5) is 16.4. The van der Waals surface area contributed by atoms with Crippen LogP contribution in [-0.2, 0) is 6.42 Å². The molecule has 2 saturated carbocycles. The summed E-state index contributed by atoms with van der Waals surface area (Å²) in [6, 6.07) is 6.53. The summed E-state index contributed by atoms with van der Waals surface area (Å²) in [5.74, 6) is 0.459. The molecule has 216 valence electrons. The molecule has 1 aromatic rings.